The Hall–Kier alpha value is -2.91. The summed E-state index contributed by atoms with van der Waals surface area (Å²) >= 11 is 0. The lowest BCUT2D eigenvalue weighted by molar-refractivity contribution is -0.144. The lowest BCUT2D eigenvalue weighted by Crippen LogP contribution is -2.27. The highest BCUT2D eigenvalue weighted by Crippen LogP contribution is 2.30. The molecule has 2 N–H and O–H groups in total. The van der Waals surface area contributed by atoms with Crippen molar-refractivity contribution < 1.29 is 22.8 Å². The van der Waals surface area contributed by atoms with Gasteiger partial charge in [-0.25, -0.2) is 0 Å². The molecule has 1 aromatic carbocycles. The minimum absolute atomic E-state index is 0.00338. The first-order valence-electron chi connectivity index (χ1n) is 7.54. The SMILES string of the molecule is CCC(=O)N1CCc2cc(C(=O)Nc3n[nH]c(C(F)(F)F)n3)ccc21. The van der Waals surface area contributed by atoms with Crippen molar-refractivity contribution in [3.05, 3.63) is 35.2 Å². The molecule has 25 heavy (non-hydrogen) atoms. The van der Waals surface area contributed by atoms with Crippen molar-refractivity contribution in [1.29, 1.82) is 0 Å². The molecule has 1 aliphatic rings. The van der Waals surface area contributed by atoms with E-state index >= 15 is 0 Å². The number of hydrogen-bond donors (Lipinski definition) is 2. The van der Waals surface area contributed by atoms with Gasteiger partial charge in [-0.2, -0.15) is 18.2 Å². The number of carbonyl (C=O) groups excluding carboxylic acids is 2. The molecule has 132 valence electrons. The molecule has 0 saturated heterocycles. The number of fused-ring (bicyclic) bond motifs is 1. The number of halogens is 3. The average Bonchev–Trinajstić information content (AvgIpc) is 3.19. The Morgan fingerprint density at radius 2 is 2.12 bits per heavy atom. The van der Waals surface area contributed by atoms with E-state index in [1.54, 1.807) is 29.1 Å². The summed E-state index contributed by atoms with van der Waals surface area (Å²) in [5, 5.41) is 7.26. The minimum atomic E-state index is -4.67. The van der Waals surface area contributed by atoms with Crippen molar-refractivity contribution in [2.24, 2.45) is 0 Å². The van der Waals surface area contributed by atoms with Crippen LogP contribution in [0.5, 0.6) is 0 Å². The van der Waals surface area contributed by atoms with Crippen LogP contribution in [-0.4, -0.2) is 33.5 Å². The quantitative estimate of drug-likeness (QED) is 0.886. The molecule has 2 heterocycles. The van der Waals surface area contributed by atoms with Crippen LogP contribution in [-0.2, 0) is 17.4 Å². The summed E-state index contributed by atoms with van der Waals surface area (Å²) in [7, 11) is 0. The van der Waals surface area contributed by atoms with Gasteiger partial charge in [0.1, 0.15) is 0 Å². The molecule has 1 aromatic heterocycles. The molecule has 0 saturated carbocycles. The normalized spacial score (nSPS) is 13.7. The van der Waals surface area contributed by atoms with Crippen LogP contribution < -0.4 is 10.2 Å². The van der Waals surface area contributed by atoms with Gasteiger partial charge in [0.2, 0.25) is 17.7 Å². The number of hydrogen-bond acceptors (Lipinski definition) is 4. The molecule has 3 rings (SSSR count). The first-order chi connectivity index (χ1) is 11.8. The summed E-state index contributed by atoms with van der Waals surface area (Å²) in [6.45, 7) is 2.32. The summed E-state index contributed by atoms with van der Waals surface area (Å²) in [6.07, 6.45) is -3.67. The van der Waals surface area contributed by atoms with Crippen molar-refractivity contribution in [2.45, 2.75) is 25.9 Å². The highest BCUT2D eigenvalue weighted by atomic mass is 19.4. The lowest BCUT2D eigenvalue weighted by Gasteiger charge is -2.16. The fraction of sp³-hybridized carbons (Fsp3) is 0.333. The van der Waals surface area contributed by atoms with E-state index in [2.05, 4.69) is 15.4 Å². The zero-order valence-corrected chi connectivity index (χ0v) is 13.1. The molecule has 0 aliphatic carbocycles. The van der Waals surface area contributed by atoms with Crippen LogP contribution in [0.15, 0.2) is 18.2 Å². The van der Waals surface area contributed by atoms with Crippen LogP contribution in [0.3, 0.4) is 0 Å². The number of H-pyrrole nitrogens is 1. The Morgan fingerprint density at radius 3 is 2.76 bits per heavy atom. The van der Waals surface area contributed by atoms with E-state index in [1.165, 1.54) is 6.07 Å². The smallest absolute Gasteiger partial charge is 0.312 e. The van der Waals surface area contributed by atoms with E-state index < -0.39 is 23.9 Å². The number of nitrogens with zero attached hydrogens (tertiary/aromatic N) is 3. The number of anilines is 2. The van der Waals surface area contributed by atoms with Crippen LogP contribution in [0.2, 0.25) is 0 Å². The Kier molecular flexibility index (Phi) is 4.19. The van der Waals surface area contributed by atoms with Gasteiger partial charge in [0.15, 0.2) is 0 Å². The predicted octanol–water partition coefficient (Wildman–Crippen LogP) is 2.37. The lowest BCUT2D eigenvalue weighted by atomic mass is 10.1. The monoisotopic (exact) mass is 353 g/mol. The van der Waals surface area contributed by atoms with Gasteiger partial charge in [-0.05, 0) is 30.2 Å². The predicted molar refractivity (Wildman–Crippen MR) is 82.1 cm³/mol. The molecule has 0 spiro atoms. The second-order valence-electron chi connectivity index (χ2n) is 5.45. The van der Waals surface area contributed by atoms with Crippen LogP contribution in [0.25, 0.3) is 0 Å². The number of benzene rings is 1. The van der Waals surface area contributed by atoms with Gasteiger partial charge in [0.05, 0.1) is 0 Å². The Bertz CT molecular complexity index is 831. The average molecular weight is 353 g/mol. The molecule has 7 nitrogen and oxygen atoms in total. The zero-order valence-electron chi connectivity index (χ0n) is 13.1. The molecule has 10 heteroatoms. The molecule has 0 radical (unpaired) electrons. The fourth-order valence-corrected chi connectivity index (χ4v) is 2.61. The van der Waals surface area contributed by atoms with Crippen molar-refractivity contribution in [1.82, 2.24) is 15.2 Å². The number of nitrogens with one attached hydrogen (secondary N) is 2. The Labute approximate surface area is 140 Å². The highest BCUT2D eigenvalue weighted by Gasteiger charge is 2.35. The fourth-order valence-electron chi connectivity index (χ4n) is 2.61. The van der Waals surface area contributed by atoms with Crippen molar-refractivity contribution in [3.8, 4) is 0 Å². The third-order valence-electron chi connectivity index (χ3n) is 3.82. The Balaban J connectivity index is 1.76. The maximum absolute atomic E-state index is 12.5. The largest absolute Gasteiger partial charge is 0.451 e. The Morgan fingerprint density at radius 1 is 1.36 bits per heavy atom. The zero-order chi connectivity index (χ0) is 18.2. The van der Waals surface area contributed by atoms with E-state index in [1.807, 2.05) is 0 Å². The van der Waals surface area contributed by atoms with Crippen LogP contribution >= 0.6 is 0 Å². The highest BCUT2D eigenvalue weighted by molar-refractivity contribution is 6.04. The van der Waals surface area contributed by atoms with Gasteiger partial charge in [-0.1, -0.05) is 6.92 Å². The van der Waals surface area contributed by atoms with Gasteiger partial charge < -0.3 is 4.90 Å². The summed E-state index contributed by atoms with van der Waals surface area (Å²) in [4.78, 5) is 28.9. The number of aromatic nitrogens is 3. The maximum atomic E-state index is 12.5. The van der Waals surface area contributed by atoms with E-state index in [-0.39, 0.29) is 11.5 Å². The van der Waals surface area contributed by atoms with E-state index in [4.69, 9.17) is 0 Å². The summed E-state index contributed by atoms with van der Waals surface area (Å²) in [5.74, 6) is -2.38. The molecule has 0 fully saturated rings. The molecule has 0 unspecified atom stereocenters. The van der Waals surface area contributed by atoms with Gasteiger partial charge in [0, 0.05) is 24.2 Å². The number of amides is 2. The van der Waals surface area contributed by atoms with Gasteiger partial charge >= 0.3 is 6.18 Å². The van der Waals surface area contributed by atoms with E-state index in [0.29, 0.717) is 19.4 Å². The second kappa shape index (κ2) is 6.19. The van der Waals surface area contributed by atoms with Gasteiger partial charge in [0.25, 0.3) is 5.91 Å². The number of aromatic amines is 1. The molecule has 0 bridgehead atoms. The van der Waals surface area contributed by atoms with Crippen LogP contribution in [0.1, 0.15) is 35.1 Å². The minimum Gasteiger partial charge on any atom is -0.312 e. The third-order valence-corrected chi connectivity index (χ3v) is 3.82. The number of rotatable bonds is 3. The summed E-state index contributed by atoms with van der Waals surface area (Å²) < 4.78 is 37.4. The first-order valence-corrected chi connectivity index (χ1v) is 7.54. The molecule has 2 amide bonds. The molecular formula is C15H14F3N5O2. The van der Waals surface area contributed by atoms with Gasteiger partial charge in [-0.3, -0.25) is 20.0 Å². The molecule has 1 aliphatic heterocycles. The maximum Gasteiger partial charge on any atom is 0.451 e. The number of carbonyl (C=O) groups is 2. The third kappa shape index (κ3) is 3.32. The molecule has 0 atom stereocenters. The van der Waals surface area contributed by atoms with Crippen molar-refractivity contribution >= 4 is 23.5 Å². The van der Waals surface area contributed by atoms with E-state index in [9.17, 15) is 22.8 Å². The van der Waals surface area contributed by atoms with Gasteiger partial charge in [-0.15, -0.1) is 5.10 Å². The standard InChI is InChI=1S/C15H14F3N5O2/c1-2-11(24)23-6-5-8-7-9(3-4-10(8)23)12(25)19-14-20-13(21-22-14)15(16,17)18/h3-4,7H,2,5-6H2,1H3,(H2,19,20,21,22,25). The molecular weight excluding hydrogens is 339 g/mol. The second-order valence-corrected chi connectivity index (χ2v) is 5.45. The topological polar surface area (TPSA) is 91.0 Å². The first kappa shape index (κ1) is 16.9. The van der Waals surface area contributed by atoms with E-state index in [0.717, 1.165) is 11.3 Å². The number of alkyl halides is 3. The summed E-state index contributed by atoms with van der Waals surface area (Å²) in [5.41, 5.74) is 1.84. The molecule has 2 aromatic rings. The summed E-state index contributed by atoms with van der Waals surface area (Å²) in [6, 6.07) is 4.78. The van der Waals surface area contributed by atoms with Crippen LogP contribution in [0.4, 0.5) is 24.8 Å². The van der Waals surface area contributed by atoms with Crippen molar-refractivity contribution in [2.75, 3.05) is 16.8 Å². The van der Waals surface area contributed by atoms with Crippen LogP contribution in [0, 0.1) is 0 Å². The van der Waals surface area contributed by atoms with Crippen molar-refractivity contribution in [3.63, 3.8) is 0 Å².